The van der Waals surface area contributed by atoms with Gasteiger partial charge in [0.2, 0.25) is 0 Å². The SMILES string of the molecule is Cc1ccc(C(=O)[C@H](Sc2nnc(-c3cccnc3)n2C2CC2)c2ccc(C)cc2)cc1. The maximum absolute atomic E-state index is 13.6. The Balaban J connectivity index is 1.54. The highest BCUT2D eigenvalue weighted by Crippen LogP contribution is 2.44. The maximum Gasteiger partial charge on any atom is 0.192 e. The van der Waals surface area contributed by atoms with Crippen LogP contribution in [-0.4, -0.2) is 25.5 Å². The summed E-state index contributed by atoms with van der Waals surface area (Å²) in [5, 5.41) is 9.39. The molecule has 1 fully saturated rings. The van der Waals surface area contributed by atoms with Crippen LogP contribution in [0.1, 0.15) is 51.2 Å². The van der Waals surface area contributed by atoms with E-state index in [1.165, 1.54) is 17.3 Å². The van der Waals surface area contributed by atoms with Crippen molar-refractivity contribution in [3.63, 3.8) is 0 Å². The number of aryl methyl sites for hydroxylation is 2. The van der Waals surface area contributed by atoms with Crippen LogP contribution >= 0.6 is 11.8 Å². The van der Waals surface area contributed by atoms with E-state index in [0.29, 0.717) is 11.6 Å². The second kappa shape index (κ2) is 8.71. The van der Waals surface area contributed by atoms with E-state index >= 15 is 0 Å². The molecule has 1 aliphatic carbocycles. The molecule has 0 N–H and O–H groups in total. The average molecular weight is 441 g/mol. The van der Waals surface area contributed by atoms with Crippen molar-refractivity contribution in [2.24, 2.45) is 0 Å². The minimum Gasteiger partial charge on any atom is -0.299 e. The molecule has 6 heteroatoms. The van der Waals surface area contributed by atoms with E-state index in [4.69, 9.17) is 0 Å². The number of hydrogen-bond donors (Lipinski definition) is 0. The van der Waals surface area contributed by atoms with Gasteiger partial charge in [-0.3, -0.25) is 14.3 Å². The summed E-state index contributed by atoms with van der Waals surface area (Å²) in [6, 6.07) is 20.3. The highest BCUT2D eigenvalue weighted by Gasteiger charge is 2.33. The van der Waals surface area contributed by atoms with Crippen LogP contribution in [0.4, 0.5) is 0 Å². The fourth-order valence-corrected chi connectivity index (χ4v) is 4.88. The zero-order chi connectivity index (χ0) is 22.1. The van der Waals surface area contributed by atoms with Gasteiger partial charge in [-0.1, -0.05) is 71.4 Å². The molecule has 0 amide bonds. The van der Waals surface area contributed by atoms with E-state index in [1.807, 2.05) is 61.7 Å². The first-order valence-corrected chi connectivity index (χ1v) is 11.7. The molecule has 1 atom stereocenters. The average Bonchev–Trinajstić information content (AvgIpc) is 3.58. The highest BCUT2D eigenvalue weighted by atomic mass is 32.2. The van der Waals surface area contributed by atoms with Crippen molar-refractivity contribution in [1.82, 2.24) is 19.7 Å². The van der Waals surface area contributed by atoms with Crippen molar-refractivity contribution in [1.29, 1.82) is 0 Å². The van der Waals surface area contributed by atoms with Gasteiger partial charge in [0.1, 0.15) is 5.25 Å². The number of pyridine rings is 1. The van der Waals surface area contributed by atoms with Gasteiger partial charge in [-0.2, -0.15) is 0 Å². The van der Waals surface area contributed by atoms with Gasteiger partial charge in [0.15, 0.2) is 16.8 Å². The van der Waals surface area contributed by atoms with Crippen LogP contribution < -0.4 is 0 Å². The van der Waals surface area contributed by atoms with Crippen LogP contribution in [0.2, 0.25) is 0 Å². The second-order valence-electron chi connectivity index (χ2n) is 8.29. The van der Waals surface area contributed by atoms with E-state index in [0.717, 1.165) is 40.5 Å². The molecule has 5 nitrogen and oxygen atoms in total. The Kier molecular flexibility index (Phi) is 5.62. The predicted octanol–water partition coefficient (Wildman–Crippen LogP) is 6.01. The van der Waals surface area contributed by atoms with Crippen molar-refractivity contribution in [2.45, 2.75) is 43.1 Å². The van der Waals surface area contributed by atoms with Gasteiger partial charge in [-0.25, -0.2) is 0 Å². The monoisotopic (exact) mass is 440 g/mol. The molecule has 0 aliphatic heterocycles. The quantitative estimate of drug-likeness (QED) is 0.260. The minimum absolute atomic E-state index is 0.0760. The lowest BCUT2D eigenvalue weighted by molar-refractivity contribution is 0.0989. The number of Topliss-reactive ketones (excluding diaryl/α,β-unsaturated/α-hetero) is 1. The lowest BCUT2D eigenvalue weighted by Gasteiger charge is -2.17. The molecule has 2 aromatic carbocycles. The zero-order valence-electron chi connectivity index (χ0n) is 18.1. The summed E-state index contributed by atoms with van der Waals surface area (Å²) in [5.74, 6) is 0.890. The first-order chi connectivity index (χ1) is 15.6. The molecule has 5 rings (SSSR count). The van der Waals surface area contributed by atoms with E-state index in [1.54, 1.807) is 6.20 Å². The molecule has 0 spiro atoms. The number of thioether (sulfide) groups is 1. The van der Waals surface area contributed by atoms with Crippen molar-refractivity contribution < 1.29 is 4.79 Å². The zero-order valence-corrected chi connectivity index (χ0v) is 18.9. The van der Waals surface area contributed by atoms with E-state index in [-0.39, 0.29) is 5.78 Å². The third-order valence-corrected chi connectivity index (χ3v) is 6.88. The molecular formula is C26H24N4OS. The molecule has 2 aromatic heterocycles. The largest absolute Gasteiger partial charge is 0.299 e. The summed E-state index contributed by atoms with van der Waals surface area (Å²) in [6.45, 7) is 4.08. The highest BCUT2D eigenvalue weighted by molar-refractivity contribution is 8.00. The van der Waals surface area contributed by atoms with Gasteiger partial charge in [-0.05, 0) is 44.4 Å². The lowest BCUT2D eigenvalue weighted by atomic mass is 10.0. The molecule has 1 saturated carbocycles. The number of hydrogen-bond acceptors (Lipinski definition) is 5. The van der Waals surface area contributed by atoms with Crippen molar-refractivity contribution >= 4 is 17.5 Å². The van der Waals surface area contributed by atoms with Gasteiger partial charge in [0.25, 0.3) is 0 Å². The first-order valence-electron chi connectivity index (χ1n) is 10.8. The molecule has 4 aromatic rings. The van der Waals surface area contributed by atoms with Gasteiger partial charge in [0, 0.05) is 29.6 Å². The molecule has 0 saturated heterocycles. The van der Waals surface area contributed by atoms with E-state index in [2.05, 4.69) is 38.8 Å². The second-order valence-corrected chi connectivity index (χ2v) is 9.36. The molecule has 0 bridgehead atoms. The normalized spacial score (nSPS) is 14.3. The summed E-state index contributed by atoms with van der Waals surface area (Å²) >= 11 is 1.48. The smallest absolute Gasteiger partial charge is 0.192 e. The Morgan fingerprint density at radius 2 is 1.66 bits per heavy atom. The van der Waals surface area contributed by atoms with E-state index in [9.17, 15) is 4.79 Å². The van der Waals surface area contributed by atoms with Crippen LogP contribution in [0, 0.1) is 13.8 Å². The first kappa shape index (κ1) is 20.6. The van der Waals surface area contributed by atoms with Gasteiger partial charge >= 0.3 is 0 Å². The summed E-state index contributed by atoms with van der Waals surface area (Å²) < 4.78 is 2.19. The number of ketones is 1. The third-order valence-electron chi connectivity index (χ3n) is 5.67. The summed E-state index contributed by atoms with van der Waals surface area (Å²) in [7, 11) is 0. The Bertz CT molecular complexity index is 1230. The fraction of sp³-hybridized carbons (Fsp3) is 0.231. The summed E-state index contributed by atoms with van der Waals surface area (Å²) in [4.78, 5) is 17.9. The maximum atomic E-state index is 13.6. The number of carbonyl (C=O) groups excluding carboxylic acids is 1. The van der Waals surface area contributed by atoms with Gasteiger partial charge in [-0.15, -0.1) is 10.2 Å². The Labute approximate surface area is 191 Å². The lowest BCUT2D eigenvalue weighted by Crippen LogP contribution is -2.12. The van der Waals surface area contributed by atoms with Crippen molar-refractivity contribution in [3.05, 3.63) is 95.3 Å². The molecule has 0 unspecified atom stereocenters. The van der Waals surface area contributed by atoms with Crippen LogP contribution in [0.3, 0.4) is 0 Å². The van der Waals surface area contributed by atoms with Gasteiger partial charge in [0.05, 0.1) is 0 Å². The van der Waals surface area contributed by atoms with Crippen molar-refractivity contribution in [2.75, 3.05) is 0 Å². The Morgan fingerprint density at radius 1 is 0.969 bits per heavy atom. The van der Waals surface area contributed by atoms with Crippen LogP contribution in [0.15, 0.2) is 78.2 Å². The summed E-state index contributed by atoms with van der Waals surface area (Å²) in [6.07, 6.45) is 5.76. The Morgan fingerprint density at radius 3 is 2.28 bits per heavy atom. The third kappa shape index (κ3) is 4.23. The predicted molar refractivity (Wildman–Crippen MR) is 127 cm³/mol. The Hall–Kier alpha value is -3.25. The van der Waals surface area contributed by atoms with Crippen LogP contribution in [0.5, 0.6) is 0 Å². The molecule has 1 aliphatic rings. The molecule has 32 heavy (non-hydrogen) atoms. The molecule has 2 heterocycles. The van der Waals surface area contributed by atoms with Crippen LogP contribution in [0.25, 0.3) is 11.4 Å². The van der Waals surface area contributed by atoms with Crippen molar-refractivity contribution in [3.8, 4) is 11.4 Å². The minimum atomic E-state index is -0.401. The van der Waals surface area contributed by atoms with E-state index < -0.39 is 5.25 Å². The topological polar surface area (TPSA) is 60.7 Å². The number of rotatable bonds is 7. The van der Waals surface area contributed by atoms with Crippen LogP contribution in [-0.2, 0) is 0 Å². The molecule has 160 valence electrons. The van der Waals surface area contributed by atoms with Gasteiger partial charge < -0.3 is 0 Å². The standard InChI is InChI=1S/C26H24N4OS/c1-17-5-9-19(10-6-17)23(31)24(20-11-7-18(2)8-12-20)32-26-29-28-25(30(26)22-13-14-22)21-4-3-15-27-16-21/h3-12,15-16,22,24H,13-14H2,1-2H3/t24-/m1/s1. The number of benzene rings is 2. The summed E-state index contributed by atoms with van der Waals surface area (Å²) in [5.41, 5.74) is 4.92. The fourth-order valence-electron chi connectivity index (χ4n) is 3.70. The number of aromatic nitrogens is 4. The number of carbonyl (C=O) groups is 1. The number of nitrogens with zero attached hydrogens (tertiary/aromatic N) is 4. The molecular weight excluding hydrogens is 416 g/mol. The molecule has 0 radical (unpaired) electrons.